The molecule has 1 unspecified atom stereocenters. The Balaban J connectivity index is 1.82. The Morgan fingerprint density at radius 1 is 1.28 bits per heavy atom. The van der Waals surface area contributed by atoms with E-state index in [4.69, 9.17) is 32.5 Å². The number of methoxy groups -OCH3 is 1. The zero-order chi connectivity index (χ0) is 17.8. The molecule has 0 radical (unpaired) electrons. The van der Waals surface area contributed by atoms with E-state index in [0.29, 0.717) is 33.1 Å². The highest BCUT2D eigenvalue weighted by Gasteiger charge is 2.48. The molecule has 0 spiro atoms. The molecule has 0 fully saturated rings. The number of hydrogen-bond donors (Lipinski definition) is 2. The van der Waals surface area contributed by atoms with Crippen molar-refractivity contribution in [1.82, 2.24) is 5.16 Å². The van der Waals surface area contributed by atoms with Crippen LogP contribution in [-0.4, -0.2) is 23.3 Å². The van der Waals surface area contributed by atoms with Crippen LogP contribution in [0.5, 0.6) is 5.75 Å². The molecule has 6 nitrogen and oxygen atoms in total. The number of carbonyl (C=O) groups excluding carboxylic acids is 1. The fourth-order valence-corrected chi connectivity index (χ4v) is 3.56. The molecule has 8 heteroatoms. The fourth-order valence-electron chi connectivity index (χ4n) is 3.04. The van der Waals surface area contributed by atoms with Crippen molar-refractivity contribution in [2.75, 3.05) is 12.4 Å². The van der Waals surface area contributed by atoms with E-state index in [1.54, 1.807) is 37.4 Å². The van der Waals surface area contributed by atoms with Gasteiger partial charge in [-0.1, -0.05) is 28.4 Å². The van der Waals surface area contributed by atoms with Crippen LogP contribution in [0, 0.1) is 0 Å². The molecule has 2 aromatic carbocycles. The summed E-state index contributed by atoms with van der Waals surface area (Å²) in [6, 6.07) is 8.30. The number of aromatic nitrogens is 1. The highest BCUT2D eigenvalue weighted by molar-refractivity contribution is 6.38. The highest BCUT2D eigenvalue weighted by Crippen LogP contribution is 2.46. The van der Waals surface area contributed by atoms with Crippen LogP contribution in [-0.2, 0) is 16.8 Å². The van der Waals surface area contributed by atoms with Crippen molar-refractivity contribution in [3.05, 3.63) is 51.6 Å². The minimum absolute atomic E-state index is 0.106. The van der Waals surface area contributed by atoms with Crippen LogP contribution in [0.3, 0.4) is 0 Å². The van der Waals surface area contributed by atoms with E-state index in [9.17, 15) is 9.90 Å². The molecule has 128 valence electrons. The molecule has 3 aromatic rings. The van der Waals surface area contributed by atoms with Crippen molar-refractivity contribution < 1.29 is 19.2 Å². The van der Waals surface area contributed by atoms with E-state index in [1.165, 1.54) is 0 Å². The molecule has 1 aliphatic rings. The van der Waals surface area contributed by atoms with Crippen LogP contribution in [0.2, 0.25) is 10.0 Å². The van der Waals surface area contributed by atoms with Gasteiger partial charge in [-0.2, -0.15) is 0 Å². The quantitative estimate of drug-likeness (QED) is 0.728. The maximum atomic E-state index is 12.5. The number of rotatable bonds is 3. The Bertz CT molecular complexity index is 1020. The molecule has 1 amide bonds. The summed E-state index contributed by atoms with van der Waals surface area (Å²) in [6.07, 6.45) is -0.106. The van der Waals surface area contributed by atoms with E-state index in [2.05, 4.69) is 10.5 Å². The van der Waals surface area contributed by atoms with Crippen LogP contribution >= 0.6 is 23.2 Å². The molecule has 1 aromatic heterocycles. The monoisotopic (exact) mass is 378 g/mol. The summed E-state index contributed by atoms with van der Waals surface area (Å²) in [7, 11) is 1.55. The average Bonchev–Trinajstić information content (AvgIpc) is 3.11. The number of aliphatic hydroxyl groups is 1. The lowest BCUT2D eigenvalue weighted by Crippen LogP contribution is -2.36. The number of nitrogens with zero attached hydrogens (tertiary/aromatic N) is 1. The molecule has 1 aliphatic heterocycles. The van der Waals surface area contributed by atoms with Crippen LogP contribution < -0.4 is 10.1 Å². The largest absolute Gasteiger partial charge is 0.497 e. The molecule has 1 atom stereocenters. The second kappa shape index (κ2) is 5.62. The van der Waals surface area contributed by atoms with Crippen LogP contribution in [0.4, 0.5) is 5.69 Å². The zero-order valence-corrected chi connectivity index (χ0v) is 14.5. The van der Waals surface area contributed by atoms with Gasteiger partial charge in [0.05, 0.1) is 23.5 Å². The number of fused-ring (bicyclic) bond motifs is 2. The average molecular weight is 379 g/mol. The Morgan fingerprint density at radius 3 is 2.80 bits per heavy atom. The van der Waals surface area contributed by atoms with Gasteiger partial charge < -0.3 is 19.7 Å². The smallest absolute Gasteiger partial charge is 0.261 e. The molecular formula is C17H12Cl2N2O4. The first kappa shape index (κ1) is 16.2. The zero-order valence-electron chi connectivity index (χ0n) is 13.0. The Labute approximate surface area is 152 Å². The minimum atomic E-state index is -1.89. The van der Waals surface area contributed by atoms with Gasteiger partial charge in [0.25, 0.3) is 5.91 Å². The lowest BCUT2D eigenvalue weighted by atomic mass is 9.89. The van der Waals surface area contributed by atoms with Crippen molar-refractivity contribution in [3.63, 3.8) is 0 Å². The number of ether oxygens (including phenoxy) is 1. The number of nitrogens with one attached hydrogen (secondary N) is 1. The summed E-state index contributed by atoms with van der Waals surface area (Å²) >= 11 is 12.3. The molecule has 0 aliphatic carbocycles. The standard InChI is InChI=1S/C17H12Cl2N2O4/c1-24-8-2-3-9-12(21-25-13(9)6-8)7-17(23)14-10(18)4-5-11(19)15(14)20-16(17)22/h2-6,23H,7H2,1H3,(H,20,22). The van der Waals surface area contributed by atoms with Crippen molar-refractivity contribution in [3.8, 4) is 5.75 Å². The minimum Gasteiger partial charge on any atom is -0.497 e. The highest BCUT2D eigenvalue weighted by atomic mass is 35.5. The number of amides is 1. The van der Waals surface area contributed by atoms with Gasteiger partial charge in [-0.05, 0) is 24.3 Å². The van der Waals surface area contributed by atoms with Gasteiger partial charge in [0.1, 0.15) is 5.75 Å². The number of benzene rings is 2. The van der Waals surface area contributed by atoms with Crippen molar-refractivity contribution >= 4 is 45.8 Å². The number of halogens is 2. The fraction of sp³-hybridized carbons (Fsp3) is 0.176. The molecule has 25 heavy (non-hydrogen) atoms. The summed E-state index contributed by atoms with van der Waals surface area (Å²) in [4.78, 5) is 12.5. The second-order valence-corrected chi connectivity index (χ2v) is 6.58. The number of carbonyl (C=O) groups is 1. The third-order valence-electron chi connectivity index (χ3n) is 4.31. The Morgan fingerprint density at radius 2 is 2.04 bits per heavy atom. The van der Waals surface area contributed by atoms with Gasteiger partial charge in [0.2, 0.25) is 0 Å². The van der Waals surface area contributed by atoms with E-state index in [1.807, 2.05) is 0 Å². The van der Waals surface area contributed by atoms with E-state index < -0.39 is 11.5 Å². The maximum absolute atomic E-state index is 12.5. The van der Waals surface area contributed by atoms with Crippen molar-refractivity contribution in [1.29, 1.82) is 0 Å². The third-order valence-corrected chi connectivity index (χ3v) is 4.94. The van der Waals surface area contributed by atoms with E-state index >= 15 is 0 Å². The summed E-state index contributed by atoms with van der Waals surface area (Å²) < 4.78 is 10.4. The van der Waals surface area contributed by atoms with Gasteiger partial charge in [0.15, 0.2) is 11.2 Å². The first-order chi connectivity index (χ1) is 11.9. The summed E-state index contributed by atoms with van der Waals surface area (Å²) in [6.45, 7) is 0. The molecule has 4 rings (SSSR count). The van der Waals surface area contributed by atoms with Crippen LogP contribution in [0.25, 0.3) is 11.0 Å². The SMILES string of the molecule is COc1ccc2c(CC3(O)C(=O)Nc4c(Cl)ccc(Cl)c43)noc2c1. The Hall–Kier alpha value is -2.28. The van der Waals surface area contributed by atoms with Gasteiger partial charge >= 0.3 is 0 Å². The summed E-state index contributed by atoms with van der Waals surface area (Å²) in [5, 5.41) is 18.9. The predicted molar refractivity (Wildman–Crippen MR) is 93.3 cm³/mol. The van der Waals surface area contributed by atoms with Crippen LogP contribution in [0.1, 0.15) is 11.3 Å². The van der Waals surface area contributed by atoms with Gasteiger partial charge in [-0.3, -0.25) is 4.79 Å². The maximum Gasteiger partial charge on any atom is 0.261 e. The van der Waals surface area contributed by atoms with E-state index in [-0.39, 0.29) is 17.0 Å². The van der Waals surface area contributed by atoms with Crippen molar-refractivity contribution in [2.24, 2.45) is 0 Å². The number of hydrogen-bond acceptors (Lipinski definition) is 5. The molecule has 0 bridgehead atoms. The number of anilines is 1. The predicted octanol–water partition coefficient (Wildman–Crippen LogP) is 3.53. The van der Waals surface area contributed by atoms with Crippen LogP contribution in [0.15, 0.2) is 34.9 Å². The summed E-state index contributed by atoms with van der Waals surface area (Å²) in [5.41, 5.74) is -0.401. The molecule has 0 saturated carbocycles. The normalized spacial score (nSPS) is 19.1. The Kier molecular flexibility index (Phi) is 3.64. The first-order valence-corrected chi connectivity index (χ1v) is 8.14. The van der Waals surface area contributed by atoms with Crippen molar-refractivity contribution in [2.45, 2.75) is 12.0 Å². The van der Waals surface area contributed by atoms with E-state index in [0.717, 1.165) is 0 Å². The molecular weight excluding hydrogens is 367 g/mol. The summed E-state index contributed by atoms with van der Waals surface area (Å²) in [5.74, 6) is 0.00912. The second-order valence-electron chi connectivity index (χ2n) is 5.76. The first-order valence-electron chi connectivity index (χ1n) is 7.38. The van der Waals surface area contributed by atoms with Gasteiger partial charge in [-0.25, -0.2) is 0 Å². The van der Waals surface area contributed by atoms with Gasteiger partial charge in [-0.15, -0.1) is 0 Å². The topological polar surface area (TPSA) is 84.6 Å². The molecule has 0 saturated heterocycles. The van der Waals surface area contributed by atoms with Gasteiger partial charge in [0, 0.05) is 28.5 Å². The third kappa shape index (κ3) is 2.37. The lowest BCUT2D eigenvalue weighted by molar-refractivity contribution is -0.133. The molecule has 2 heterocycles. The lowest BCUT2D eigenvalue weighted by Gasteiger charge is -2.20. The molecule has 2 N–H and O–H groups in total.